The molecule has 2 rings (SSSR count). The average molecular weight is 349 g/mol. The molecule has 1 fully saturated rings. The predicted octanol–water partition coefficient (Wildman–Crippen LogP) is 2.82. The summed E-state index contributed by atoms with van der Waals surface area (Å²) in [4.78, 5) is 13.5. The number of nitrogens with zero attached hydrogens (tertiary/aromatic N) is 1. The summed E-state index contributed by atoms with van der Waals surface area (Å²) < 4.78 is 27.0. The molecule has 0 unspecified atom stereocenters. The van der Waals surface area contributed by atoms with Crippen molar-refractivity contribution in [2.75, 3.05) is 25.0 Å². The zero-order valence-electron chi connectivity index (χ0n) is 10.9. The lowest BCUT2D eigenvalue weighted by Gasteiger charge is -2.17. The maximum atomic E-state index is 13.6. The Morgan fingerprint density at radius 3 is 2.75 bits per heavy atom. The number of rotatable bonds is 2. The van der Waals surface area contributed by atoms with Gasteiger partial charge in [-0.1, -0.05) is 6.92 Å². The van der Waals surface area contributed by atoms with Gasteiger partial charge in [-0.15, -0.1) is 0 Å². The van der Waals surface area contributed by atoms with Crippen molar-refractivity contribution >= 4 is 27.6 Å². The quantitative estimate of drug-likeness (QED) is 0.807. The van der Waals surface area contributed by atoms with Gasteiger partial charge < -0.3 is 15.3 Å². The van der Waals surface area contributed by atoms with Gasteiger partial charge in [0.15, 0.2) is 0 Å². The molecule has 1 aliphatic rings. The lowest BCUT2D eigenvalue weighted by atomic mass is 10.00. The first-order valence-corrected chi connectivity index (χ1v) is 7.03. The molecule has 2 amide bonds. The largest absolute Gasteiger partial charge is 0.396 e. The number of carbonyl (C=O) groups excluding carboxylic acids is 1. The first-order chi connectivity index (χ1) is 9.42. The molecule has 2 atom stereocenters. The molecule has 1 aromatic rings. The number of urea groups is 1. The maximum Gasteiger partial charge on any atom is 0.321 e. The zero-order valence-corrected chi connectivity index (χ0v) is 12.5. The Morgan fingerprint density at radius 2 is 2.15 bits per heavy atom. The number of aliphatic hydroxyl groups is 1. The van der Waals surface area contributed by atoms with E-state index in [1.54, 1.807) is 0 Å². The Morgan fingerprint density at radius 1 is 1.45 bits per heavy atom. The minimum Gasteiger partial charge on any atom is -0.396 e. The fraction of sp³-hybridized carbons (Fsp3) is 0.462. The van der Waals surface area contributed by atoms with Crippen LogP contribution < -0.4 is 5.32 Å². The van der Waals surface area contributed by atoms with E-state index in [4.69, 9.17) is 5.11 Å². The van der Waals surface area contributed by atoms with Gasteiger partial charge in [-0.05, 0) is 27.9 Å². The number of likely N-dealkylation sites (tertiary alicyclic amines) is 1. The molecule has 0 saturated carbocycles. The number of hydrogen-bond acceptors (Lipinski definition) is 2. The number of hydrogen-bond donors (Lipinski definition) is 2. The molecule has 0 aliphatic carbocycles. The van der Waals surface area contributed by atoms with E-state index in [0.717, 1.165) is 12.1 Å². The van der Waals surface area contributed by atoms with Crippen molar-refractivity contribution in [1.82, 2.24) is 4.90 Å². The summed E-state index contributed by atoms with van der Waals surface area (Å²) in [6, 6.07) is 1.41. The van der Waals surface area contributed by atoms with E-state index in [9.17, 15) is 13.6 Å². The molecular formula is C13H15BrF2N2O2. The lowest BCUT2D eigenvalue weighted by molar-refractivity contribution is 0.202. The second-order valence-electron chi connectivity index (χ2n) is 5.00. The van der Waals surface area contributed by atoms with Gasteiger partial charge >= 0.3 is 6.03 Å². The number of aliphatic hydroxyl groups excluding tert-OH is 1. The van der Waals surface area contributed by atoms with E-state index in [2.05, 4.69) is 21.2 Å². The molecule has 0 spiro atoms. The Hall–Kier alpha value is -1.21. The molecule has 1 aromatic carbocycles. The molecule has 4 nitrogen and oxygen atoms in total. The normalized spacial score (nSPS) is 22.1. The lowest BCUT2D eigenvalue weighted by Crippen LogP contribution is -2.33. The summed E-state index contributed by atoms with van der Waals surface area (Å²) in [6.45, 7) is 2.84. The van der Waals surface area contributed by atoms with Crippen LogP contribution in [0.1, 0.15) is 6.92 Å². The molecular weight excluding hydrogens is 334 g/mol. The van der Waals surface area contributed by atoms with Crippen molar-refractivity contribution in [3.63, 3.8) is 0 Å². The van der Waals surface area contributed by atoms with Gasteiger partial charge in [0.1, 0.15) is 11.6 Å². The van der Waals surface area contributed by atoms with E-state index in [1.165, 1.54) is 4.90 Å². The monoisotopic (exact) mass is 348 g/mol. The smallest absolute Gasteiger partial charge is 0.321 e. The van der Waals surface area contributed by atoms with E-state index >= 15 is 0 Å². The van der Waals surface area contributed by atoms with Crippen molar-refractivity contribution in [2.24, 2.45) is 11.8 Å². The SMILES string of the molecule is C[C@@H]1CN(C(=O)Nc2cc(F)c(Br)cc2F)C[C@H]1CO. The van der Waals surface area contributed by atoms with Crippen molar-refractivity contribution < 1.29 is 18.7 Å². The zero-order chi connectivity index (χ0) is 14.9. The van der Waals surface area contributed by atoms with Gasteiger partial charge in [-0.3, -0.25) is 0 Å². The summed E-state index contributed by atoms with van der Waals surface area (Å²) in [5.41, 5.74) is -0.198. The molecule has 0 bridgehead atoms. The van der Waals surface area contributed by atoms with Gasteiger partial charge in [-0.25, -0.2) is 13.6 Å². The van der Waals surface area contributed by atoms with Crippen LogP contribution in [0.5, 0.6) is 0 Å². The topological polar surface area (TPSA) is 52.6 Å². The molecule has 1 heterocycles. The molecule has 7 heteroatoms. The summed E-state index contributed by atoms with van der Waals surface area (Å²) >= 11 is 2.87. The number of amides is 2. The second kappa shape index (κ2) is 6.05. The summed E-state index contributed by atoms with van der Waals surface area (Å²) in [5, 5.41) is 11.5. The van der Waals surface area contributed by atoms with Gasteiger partial charge in [0.2, 0.25) is 0 Å². The Kier molecular flexibility index (Phi) is 4.59. The number of halogens is 3. The van der Waals surface area contributed by atoms with Crippen LogP contribution in [0.3, 0.4) is 0 Å². The third kappa shape index (κ3) is 3.09. The summed E-state index contributed by atoms with van der Waals surface area (Å²) in [5.74, 6) is -1.16. The second-order valence-corrected chi connectivity index (χ2v) is 5.86. The highest BCUT2D eigenvalue weighted by atomic mass is 79.9. The molecule has 1 saturated heterocycles. The van der Waals surface area contributed by atoms with Crippen LogP contribution in [-0.4, -0.2) is 35.7 Å². The van der Waals surface area contributed by atoms with Gasteiger partial charge in [0.25, 0.3) is 0 Å². The van der Waals surface area contributed by atoms with Crippen molar-refractivity contribution in [1.29, 1.82) is 0 Å². The fourth-order valence-corrected chi connectivity index (χ4v) is 2.57. The number of anilines is 1. The predicted molar refractivity (Wildman–Crippen MR) is 74.4 cm³/mol. The van der Waals surface area contributed by atoms with Gasteiger partial charge in [0, 0.05) is 31.7 Å². The average Bonchev–Trinajstić information content (AvgIpc) is 2.77. The Bertz CT molecular complexity index is 527. The molecule has 2 N–H and O–H groups in total. The summed E-state index contributed by atoms with van der Waals surface area (Å²) in [7, 11) is 0. The standard InChI is InChI=1S/C13H15BrF2N2O2/c1-7-4-18(5-8(7)6-19)13(20)17-12-3-10(15)9(14)2-11(12)16/h2-3,7-8,19H,4-6H2,1H3,(H,17,20)/t7-,8+/m1/s1. The fourth-order valence-electron chi connectivity index (χ4n) is 2.25. The first-order valence-electron chi connectivity index (χ1n) is 6.23. The minimum absolute atomic E-state index is 0.00291. The van der Waals surface area contributed by atoms with Gasteiger partial charge in [0.05, 0.1) is 10.2 Å². The summed E-state index contributed by atoms with van der Waals surface area (Å²) in [6.07, 6.45) is 0. The minimum atomic E-state index is -0.711. The highest BCUT2D eigenvalue weighted by Gasteiger charge is 2.32. The first kappa shape index (κ1) is 15.2. The number of nitrogens with one attached hydrogen (secondary N) is 1. The molecule has 110 valence electrons. The highest BCUT2D eigenvalue weighted by Crippen LogP contribution is 2.26. The van der Waals surface area contributed by atoms with Crippen molar-refractivity contribution in [3.8, 4) is 0 Å². The molecule has 0 radical (unpaired) electrons. The third-order valence-corrected chi connectivity index (χ3v) is 4.15. The third-order valence-electron chi connectivity index (χ3n) is 3.54. The Labute approximate surface area is 123 Å². The van der Waals surface area contributed by atoms with Crippen LogP contribution in [0.2, 0.25) is 0 Å². The Balaban J connectivity index is 2.07. The van der Waals surface area contributed by atoms with Gasteiger partial charge in [-0.2, -0.15) is 0 Å². The van der Waals surface area contributed by atoms with Crippen LogP contribution in [0.25, 0.3) is 0 Å². The van der Waals surface area contributed by atoms with E-state index in [0.29, 0.717) is 13.1 Å². The van der Waals surface area contributed by atoms with Crippen LogP contribution in [-0.2, 0) is 0 Å². The van der Waals surface area contributed by atoms with Crippen LogP contribution in [0, 0.1) is 23.5 Å². The van der Waals surface area contributed by atoms with Crippen LogP contribution in [0.4, 0.5) is 19.3 Å². The van der Waals surface area contributed by atoms with E-state index in [-0.39, 0.29) is 28.6 Å². The number of carbonyl (C=O) groups is 1. The number of benzene rings is 1. The van der Waals surface area contributed by atoms with Crippen LogP contribution >= 0.6 is 15.9 Å². The van der Waals surface area contributed by atoms with E-state index in [1.807, 2.05) is 6.92 Å². The highest BCUT2D eigenvalue weighted by molar-refractivity contribution is 9.10. The maximum absolute atomic E-state index is 13.6. The van der Waals surface area contributed by atoms with Crippen molar-refractivity contribution in [2.45, 2.75) is 6.92 Å². The van der Waals surface area contributed by atoms with Crippen LogP contribution in [0.15, 0.2) is 16.6 Å². The van der Waals surface area contributed by atoms with Crippen molar-refractivity contribution in [3.05, 3.63) is 28.2 Å². The molecule has 1 aliphatic heterocycles. The van der Waals surface area contributed by atoms with E-state index < -0.39 is 17.7 Å². The molecule has 0 aromatic heterocycles. The molecule has 20 heavy (non-hydrogen) atoms.